The Morgan fingerprint density at radius 3 is 2.83 bits per heavy atom. The van der Waals surface area contributed by atoms with Gasteiger partial charge in [0.25, 0.3) is 5.91 Å². The standard InChI is InChI=1S/C22H29N3O4/c1-14(2)17-6-5-7-18(10-17)25-12-19(26)20(23-25)21(27)24-11-15(3)29-22(13-24)8-9-28-16(22)4/h5-7,10,12,14-16,26H,8-9,11,13H2,1-4H3. The molecule has 2 saturated heterocycles. The van der Waals surface area contributed by atoms with E-state index in [1.54, 1.807) is 9.58 Å². The van der Waals surface area contributed by atoms with E-state index in [1.807, 2.05) is 32.0 Å². The van der Waals surface area contributed by atoms with Gasteiger partial charge in [0.15, 0.2) is 11.4 Å². The molecule has 2 aromatic rings. The third-order valence-corrected chi connectivity index (χ3v) is 5.99. The molecule has 1 spiro atoms. The van der Waals surface area contributed by atoms with Crippen LogP contribution in [0, 0.1) is 0 Å². The maximum absolute atomic E-state index is 13.2. The molecule has 1 N–H and O–H groups in total. The lowest BCUT2D eigenvalue weighted by molar-refractivity contribution is -0.160. The smallest absolute Gasteiger partial charge is 0.278 e. The van der Waals surface area contributed by atoms with Gasteiger partial charge in [-0.05, 0) is 37.5 Å². The number of benzene rings is 1. The molecule has 1 amide bonds. The quantitative estimate of drug-likeness (QED) is 0.858. The first-order valence-corrected chi connectivity index (χ1v) is 10.3. The number of carbonyl (C=O) groups excluding carboxylic acids is 1. The van der Waals surface area contributed by atoms with E-state index in [2.05, 4.69) is 25.0 Å². The van der Waals surface area contributed by atoms with Gasteiger partial charge in [-0.15, -0.1) is 0 Å². The van der Waals surface area contributed by atoms with Crippen molar-refractivity contribution in [2.45, 2.75) is 57.8 Å². The minimum absolute atomic E-state index is 0.0655. The highest BCUT2D eigenvalue weighted by Gasteiger charge is 2.49. The van der Waals surface area contributed by atoms with Gasteiger partial charge in [-0.1, -0.05) is 26.0 Å². The predicted molar refractivity (Wildman–Crippen MR) is 109 cm³/mol. The molecular formula is C22H29N3O4. The van der Waals surface area contributed by atoms with Crippen molar-refractivity contribution in [3.63, 3.8) is 0 Å². The van der Waals surface area contributed by atoms with Gasteiger partial charge in [-0.25, -0.2) is 4.68 Å². The van der Waals surface area contributed by atoms with Gasteiger partial charge >= 0.3 is 0 Å². The molecule has 3 unspecified atom stereocenters. The lowest BCUT2D eigenvalue weighted by Crippen LogP contribution is -2.59. The second kappa shape index (κ2) is 7.46. The molecule has 7 nitrogen and oxygen atoms in total. The zero-order chi connectivity index (χ0) is 20.8. The maximum Gasteiger partial charge on any atom is 0.278 e. The molecule has 0 radical (unpaired) electrons. The highest BCUT2D eigenvalue weighted by atomic mass is 16.6. The van der Waals surface area contributed by atoms with E-state index in [0.717, 1.165) is 12.1 Å². The Bertz CT molecular complexity index is 909. The van der Waals surface area contributed by atoms with Crippen LogP contribution in [-0.4, -0.2) is 63.2 Å². The van der Waals surface area contributed by atoms with Gasteiger partial charge in [0, 0.05) is 19.6 Å². The van der Waals surface area contributed by atoms with Crippen molar-refractivity contribution >= 4 is 5.91 Å². The molecule has 7 heteroatoms. The fraction of sp³-hybridized carbons (Fsp3) is 0.545. The van der Waals surface area contributed by atoms with E-state index >= 15 is 0 Å². The molecule has 3 heterocycles. The Hall–Kier alpha value is -2.38. The van der Waals surface area contributed by atoms with Crippen molar-refractivity contribution in [2.75, 3.05) is 19.7 Å². The van der Waals surface area contributed by atoms with E-state index in [4.69, 9.17) is 9.47 Å². The number of hydrogen-bond donors (Lipinski definition) is 1. The largest absolute Gasteiger partial charge is 0.504 e. The topological polar surface area (TPSA) is 76.8 Å². The van der Waals surface area contributed by atoms with Crippen LogP contribution in [0.4, 0.5) is 0 Å². The third-order valence-electron chi connectivity index (χ3n) is 5.99. The Balaban J connectivity index is 1.60. The molecule has 1 aromatic heterocycles. The molecule has 0 aliphatic carbocycles. The van der Waals surface area contributed by atoms with Gasteiger partial charge in [-0.2, -0.15) is 5.10 Å². The first kappa shape index (κ1) is 19.9. The Kier molecular flexibility index (Phi) is 5.12. The monoisotopic (exact) mass is 399 g/mol. The van der Waals surface area contributed by atoms with Crippen molar-refractivity contribution in [2.24, 2.45) is 0 Å². The summed E-state index contributed by atoms with van der Waals surface area (Å²) in [7, 11) is 0. The maximum atomic E-state index is 13.2. The minimum atomic E-state index is -0.489. The molecule has 0 saturated carbocycles. The second-order valence-electron chi connectivity index (χ2n) is 8.50. The number of morpholine rings is 1. The van der Waals surface area contributed by atoms with Crippen LogP contribution in [0.3, 0.4) is 0 Å². The van der Waals surface area contributed by atoms with Crippen molar-refractivity contribution in [3.8, 4) is 11.4 Å². The average Bonchev–Trinajstić information content (AvgIpc) is 3.23. The van der Waals surface area contributed by atoms with Crippen LogP contribution in [0.1, 0.15) is 56.1 Å². The summed E-state index contributed by atoms with van der Waals surface area (Å²) in [6, 6.07) is 7.95. The summed E-state index contributed by atoms with van der Waals surface area (Å²) in [6.07, 6.45) is 2.06. The molecule has 1 aromatic carbocycles. The Labute approximate surface area is 171 Å². The number of hydrogen-bond acceptors (Lipinski definition) is 5. The molecule has 0 bridgehead atoms. The average molecular weight is 399 g/mol. The van der Waals surface area contributed by atoms with Crippen molar-refractivity contribution in [1.29, 1.82) is 0 Å². The minimum Gasteiger partial charge on any atom is -0.504 e. The molecule has 4 rings (SSSR count). The van der Waals surface area contributed by atoms with Crippen LogP contribution in [0.2, 0.25) is 0 Å². The third kappa shape index (κ3) is 3.65. The second-order valence-corrected chi connectivity index (χ2v) is 8.50. The van der Waals surface area contributed by atoms with Crippen LogP contribution in [0.15, 0.2) is 30.5 Å². The van der Waals surface area contributed by atoms with Crippen LogP contribution in [0.5, 0.6) is 5.75 Å². The fourth-order valence-electron chi connectivity index (χ4n) is 4.28. The molecule has 2 aliphatic rings. The Morgan fingerprint density at radius 2 is 2.14 bits per heavy atom. The highest BCUT2D eigenvalue weighted by Crippen LogP contribution is 2.36. The highest BCUT2D eigenvalue weighted by molar-refractivity contribution is 5.95. The zero-order valence-electron chi connectivity index (χ0n) is 17.5. The van der Waals surface area contributed by atoms with Crippen LogP contribution >= 0.6 is 0 Å². The lowest BCUT2D eigenvalue weighted by Gasteiger charge is -2.44. The number of rotatable bonds is 3. The first-order valence-electron chi connectivity index (χ1n) is 10.3. The summed E-state index contributed by atoms with van der Waals surface area (Å²) < 4.78 is 13.5. The zero-order valence-corrected chi connectivity index (χ0v) is 17.5. The number of amides is 1. The van der Waals surface area contributed by atoms with Crippen LogP contribution in [-0.2, 0) is 9.47 Å². The van der Waals surface area contributed by atoms with Crippen molar-refractivity contribution in [1.82, 2.24) is 14.7 Å². The molecule has 3 atom stereocenters. The first-order chi connectivity index (χ1) is 13.8. The molecular weight excluding hydrogens is 370 g/mol. The number of ether oxygens (including phenoxy) is 2. The summed E-state index contributed by atoms with van der Waals surface area (Å²) in [5.74, 6) is -0.0226. The summed E-state index contributed by atoms with van der Waals surface area (Å²) in [6.45, 7) is 9.72. The summed E-state index contributed by atoms with van der Waals surface area (Å²) in [4.78, 5) is 15.0. The lowest BCUT2D eigenvalue weighted by atomic mass is 9.93. The number of nitrogens with zero attached hydrogens (tertiary/aromatic N) is 3. The predicted octanol–water partition coefficient (Wildman–Crippen LogP) is 3.11. The van der Waals surface area contributed by atoms with Crippen LogP contribution in [0.25, 0.3) is 5.69 Å². The van der Waals surface area contributed by atoms with Gasteiger partial charge in [-0.3, -0.25) is 4.79 Å². The van der Waals surface area contributed by atoms with Gasteiger partial charge < -0.3 is 19.5 Å². The summed E-state index contributed by atoms with van der Waals surface area (Å²) >= 11 is 0. The number of aromatic nitrogens is 2. The van der Waals surface area contributed by atoms with E-state index in [9.17, 15) is 9.90 Å². The molecule has 2 aliphatic heterocycles. The van der Waals surface area contributed by atoms with E-state index in [-0.39, 0.29) is 29.6 Å². The summed E-state index contributed by atoms with van der Waals surface area (Å²) in [5.41, 5.74) is 1.56. The number of aromatic hydroxyl groups is 1. The molecule has 29 heavy (non-hydrogen) atoms. The molecule has 156 valence electrons. The fourth-order valence-corrected chi connectivity index (χ4v) is 4.28. The van der Waals surface area contributed by atoms with Gasteiger partial charge in [0.1, 0.15) is 5.60 Å². The normalized spacial score (nSPS) is 27.1. The number of carbonyl (C=O) groups is 1. The summed E-state index contributed by atoms with van der Waals surface area (Å²) in [5, 5.41) is 14.9. The molecule has 2 fully saturated rings. The van der Waals surface area contributed by atoms with Crippen molar-refractivity contribution in [3.05, 3.63) is 41.7 Å². The van der Waals surface area contributed by atoms with Gasteiger partial charge in [0.2, 0.25) is 0 Å². The van der Waals surface area contributed by atoms with E-state index in [1.165, 1.54) is 11.8 Å². The van der Waals surface area contributed by atoms with E-state index in [0.29, 0.717) is 25.6 Å². The Morgan fingerprint density at radius 1 is 1.34 bits per heavy atom. The van der Waals surface area contributed by atoms with Crippen LogP contribution < -0.4 is 0 Å². The SMILES string of the molecule is CC1CN(C(=O)c2nn(-c3cccc(C(C)C)c3)cc2O)CC2(CCOC2C)O1. The van der Waals surface area contributed by atoms with Crippen molar-refractivity contribution < 1.29 is 19.4 Å². The van der Waals surface area contributed by atoms with E-state index < -0.39 is 5.60 Å². The van der Waals surface area contributed by atoms with Gasteiger partial charge in [0.05, 0.1) is 30.6 Å².